The molecule has 1 amide bonds. The molecule has 2 aromatic rings. The van der Waals surface area contributed by atoms with E-state index in [1.165, 1.54) is 31.3 Å². The summed E-state index contributed by atoms with van der Waals surface area (Å²) in [6.45, 7) is -1.50. The molecule has 11 nitrogen and oxygen atoms in total. The summed E-state index contributed by atoms with van der Waals surface area (Å²) in [5.74, 6) is -1.77. The quantitative estimate of drug-likeness (QED) is 0.274. The number of nitrogens with one attached hydrogen (secondary N) is 3. The van der Waals surface area contributed by atoms with Gasteiger partial charge in [-0.05, 0) is 30.3 Å². The van der Waals surface area contributed by atoms with Gasteiger partial charge in [0.25, 0.3) is 11.6 Å². The van der Waals surface area contributed by atoms with E-state index in [1.54, 1.807) is 0 Å². The number of anilines is 2. The van der Waals surface area contributed by atoms with Crippen LogP contribution in [0.15, 0.2) is 41.3 Å². The van der Waals surface area contributed by atoms with Crippen molar-refractivity contribution in [2.24, 2.45) is 0 Å². The van der Waals surface area contributed by atoms with Crippen molar-refractivity contribution < 1.29 is 27.7 Å². The lowest BCUT2D eigenvalue weighted by Crippen LogP contribution is -2.32. The molecule has 0 radical (unpaired) electrons. The number of halogens is 2. The highest BCUT2D eigenvalue weighted by Gasteiger charge is 2.22. The summed E-state index contributed by atoms with van der Waals surface area (Å²) < 4.78 is 31.2. The Morgan fingerprint density at radius 2 is 1.84 bits per heavy atom. The highest BCUT2D eigenvalue weighted by atomic mass is 35.5. The van der Waals surface area contributed by atoms with E-state index in [9.17, 15) is 28.1 Å². The minimum Gasteiger partial charge on any atom is -0.455 e. The molecule has 166 valence electrons. The molecule has 3 N–H and O–H groups in total. The molecule has 14 heteroatoms. The fourth-order valence-corrected chi connectivity index (χ4v) is 3.58. The average Bonchev–Trinajstić information content (AvgIpc) is 2.72. The number of carbonyl (C=O) groups is 2. The SMILES string of the molecule is CNc1ccc(S(=O)(=O)NCC(=O)OCC(=O)Nc2cc(Cl)ccc2Cl)cc1[N+](=O)[O-]. The number of hydrogen-bond acceptors (Lipinski definition) is 8. The molecule has 0 fully saturated rings. The number of nitro groups is 1. The van der Waals surface area contributed by atoms with Gasteiger partial charge in [0, 0.05) is 18.1 Å². The van der Waals surface area contributed by atoms with Crippen molar-refractivity contribution in [1.29, 1.82) is 0 Å². The predicted octanol–water partition coefficient (Wildman–Crippen LogP) is 2.40. The summed E-state index contributed by atoms with van der Waals surface area (Å²) in [4.78, 5) is 33.6. The first-order chi connectivity index (χ1) is 14.5. The summed E-state index contributed by atoms with van der Waals surface area (Å²) >= 11 is 11.7. The van der Waals surface area contributed by atoms with Crippen LogP contribution in [0.5, 0.6) is 0 Å². The minimum absolute atomic E-state index is 0.120. The molecule has 0 unspecified atom stereocenters. The zero-order chi connectivity index (χ0) is 23.2. The third-order valence-electron chi connectivity index (χ3n) is 3.72. The van der Waals surface area contributed by atoms with Gasteiger partial charge in [-0.3, -0.25) is 19.7 Å². The van der Waals surface area contributed by atoms with Crippen LogP contribution in [0.25, 0.3) is 0 Å². The standard InChI is InChI=1S/C17H16Cl2N4O7S/c1-20-13-5-3-11(7-15(13)23(26)27)31(28,29)21-8-17(25)30-9-16(24)22-14-6-10(18)2-4-12(14)19/h2-7,20-21H,8-9H2,1H3,(H,22,24). The Morgan fingerprint density at radius 3 is 2.48 bits per heavy atom. The van der Waals surface area contributed by atoms with Crippen molar-refractivity contribution in [3.63, 3.8) is 0 Å². The van der Waals surface area contributed by atoms with E-state index in [2.05, 4.69) is 10.6 Å². The van der Waals surface area contributed by atoms with Gasteiger partial charge in [0.05, 0.1) is 20.5 Å². The largest absolute Gasteiger partial charge is 0.455 e. The lowest BCUT2D eigenvalue weighted by atomic mass is 10.3. The monoisotopic (exact) mass is 490 g/mol. The Balaban J connectivity index is 1.93. The molecule has 0 aromatic heterocycles. The molecule has 2 aromatic carbocycles. The second-order valence-corrected chi connectivity index (χ2v) is 8.45. The van der Waals surface area contributed by atoms with Gasteiger partial charge in [0.15, 0.2) is 6.61 Å². The Hall–Kier alpha value is -2.93. The van der Waals surface area contributed by atoms with Gasteiger partial charge in [0.1, 0.15) is 12.2 Å². The van der Waals surface area contributed by atoms with Gasteiger partial charge >= 0.3 is 5.97 Å². The van der Waals surface area contributed by atoms with E-state index in [4.69, 9.17) is 27.9 Å². The third kappa shape index (κ3) is 6.79. The fourth-order valence-electron chi connectivity index (χ4n) is 2.25. The number of nitro benzene ring substituents is 1. The number of rotatable bonds is 9. The number of carbonyl (C=O) groups excluding carboxylic acids is 2. The zero-order valence-electron chi connectivity index (χ0n) is 15.8. The first-order valence-electron chi connectivity index (χ1n) is 8.40. The maximum Gasteiger partial charge on any atom is 0.321 e. The maximum atomic E-state index is 12.3. The molecule has 0 atom stereocenters. The van der Waals surface area contributed by atoms with Gasteiger partial charge in [-0.25, -0.2) is 8.42 Å². The number of hydrogen-bond donors (Lipinski definition) is 3. The summed E-state index contributed by atoms with van der Waals surface area (Å²) in [6, 6.07) is 7.59. The van der Waals surface area contributed by atoms with E-state index < -0.39 is 50.6 Å². The first kappa shape index (κ1) is 24.3. The molecule has 0 heterocycles. The Morgan fingerprint density at radius 1 is 1.13 bits per heavy atom. The second-order valence-electron chi connectivity index (χ2n) is 5.84. The van der Waals surface area contributed by atoms with E-state index in [-0.39, 0.29) is 16.4 Å². The molecule has 31 heavy (non-hydrogen) atoms. The molecule has 2 rings (SSSR count). The molecule has 0 aliphatic rings. The molecule has 0 saturated heterocycles. The van der Waals surface area contributed by atoms with Crippen LogP contribution in [-0.4, -0.2) is 45.4 Å². The van der Waals surface area contributed by atoms with Crippen LogP contribution in [0.1, 0.15) is 0 Å². The number of amides is 1. The van der Waals surface area contributed by atoms with Crippen LogP contribution in [0.3, 0.4) is 0 Å². The molecular weight excluding hydrogens is 475 g/mol. The van der Waals surface area contributed by atoms with Crippen LogP contribution in [-0.2, 0) is 24.3 Å². The van der Waals surface area contributed by atoms with E-state index in [0.717, 1.165) is 12.1 Å². The lowest BCUT2D eigenvalue weighted by Gasteiger charge is -2.10. The lowest BCUT2D eigenvalue weighted by molar-refractivity contribution is -0.384. The highest BCUT2D eigenvalue weighted by molar-refractivity contribution is 7.89. The average molecular weight is 491 g/mol. The Bertz CT molecular complexity index is 1130. The van der Waals surface area contributed by atoms with E-state index in [1.807, 2.05) is 4.72 Å². The van der Waals surface area contributed by atoms with Crippen molar-refractivity contribution in [3.8, 4) is 0 Å². The number of ether oxygens (including phenoxy) is 1. The molecular formula is C17H16Cl2N4O7S. The summed E-state index contributed by atoms with van der Waals surface area (Å²) in [5, 5.41) is 16.6. The van der Waals surface area contributed by atoms with Crippen LogP contribution >= 0.6 is 23.2 Å². The second kappa shape index (κ2) is 10.4. The molecule has 0 saturated carbocycles. The molecule has 0 bridgehead atoms. The van der Waals surface area contributed by atoms with Crippen LogP contribution < -0.4 is 15.4 Å². The first-order valence-corrected chi connectivity index (χ1v) is 10.6. The Kier molecular flexibility index (Phi) is 8.16. The summed E-state index contributed by atoms with van der Waals surface area (Å²) in [7, 11) is -2.80. The topological polar surface area (TPSA) is 157 Å². The highest BCUT2D eigenvalue weighted by Crippen LogP contribution is 2.27. The summed E-state index contributed by atoms with van der Waals surface area (Å²) in [6.07, 6.45) is 0. The molecule has 0 spiro atoms. The normalized spacial score (nSPS) is 10.9. The van der Waals surface area contributed by atoms with Gasteiger partial charge in [-0.15, -0.1) is 0 Å². The number of sulfonamides is 1. The summed E-state index contributed by atoms with van der Waals surface area (Å²) in [5.41, 5.74) is -0.124. The number of nitrogens with zero attached hydrogens (tertiary/aromatic N) is 1. The van der Waals surface area contributed by atoms with Crippen molar-refractivity contribution in [2.75, 3.05) is 30.8 Å². The molecule has 0 aliphatic carbocycles. The van der Waals surface area contributed by atoms with Crippen molar-refractivity contribution >= 4 is 62.2 Å². The van der Waals surface area contributed by atoms with Crippen LogP contribution in [0.2, 0.25) is 10.0 Å². The van der Waals surface area contributed by atoms with E-state index in [0.29, 0.717) is 5.02 Å². The van der Waals surface area contributed by atoms with Gasteiger partial charge < -0.3 is 15.4 Å². The third-order valence-corrected chi connectivity index (χ3v) is 5.68. The molecule has 0 aliphatic heterocycles. The van der Waals surface area contributed by atoms with Crippen molar-refractivity contribution in [2.45, 2.75) is 4.90 Å². The van der Waals surface area contributed by atoms with Gasteiger partial charge in [0.2, 0.25) is 10.0 Å². The Labute approximate surface area is 186 Å². The van der Waals surface area contributed by atoms with Crippen molar-refractivity contribution in [1.82, 2.24) is 4.72 Å². The van der Waals surface area contributed by atoms with Crippen molar-refractivity contribution in [3.05, 3.63) is 56.6 Å². The minimum atomic E-state index is -4.25. The maximum absolute atomic E-state index is 12.3. The number of esters is 1. The van der Waals surface area contributed by atoms with E-state index >= 15 is 0 Å². The fraction of sp³-hybridized carbons (Fsp3) is 0.176. The smallest absolute Gasteiger partial charge is 0.321 e. The number of benzene rings is 2. The van der Waals surface area contributed by atoms with Gasteiger partial charge in [-0.2, -0.15) is 4.72 Å². The van der Waals surface area contributed by atoms with Crippen LogP contribution in [0.4, 0.5) is 17.1 Å². The van der Waals surface area contributed by atoms with Crippen LogP contribution in [0, 0.1) is 10.1 Å². The predicted molar refractivity (Wildman–Crippen MR) is 114 cm³/mol. The zero-order valence-corrected chi connectivity index (χ0v) is 18.2. The van der Waals surface area contributed by atoms with Gasteiger partial charge in [-0.1, -0.05) is 23.2 Å².